The monoisotopic (exact) mass is 547 g/mol. The standard InChI is InChI=1S/C18H19N3O3S.C2H6O6S2/c1-21(16-4-2-3-9-19-16)10-11-24-14-7-5-13(6-8-14)12-15-17(22)20-18(23)25-15;3-9(4,5)1-2-10(6,7)8/h2-9,15H,10-12H2,1H3,(H,20,22,23);1-2H2,(H,3,4,5)(H,6,7,8). The number of hydrogen-bond acceptors (Lipinski definition) is 10. The number of hydrogen-bond donors (Lipinski definition) is 3. The zero-order chi connectivity index (χ0) is 26.1. The van der Waals surface area contributed by atoms with Gasteiger partial charge in [-0.1, -0.05) is 30.0 Å². The highest BCUT2D eigenvalue weighted by atomic mass is 32.2. The first kappa shape index (κ1) is 28.5. The van der Waals surface area contributed by atoms with Crippen molar-refractivity contribution in [3.63, 3.8) is 0 Å². The molecule has 1 saturated heterocycles. The molecule has 1 aromatic carbocycles. The lowest BCUT2D eigenvalue weighted by atomic mass is 10.1. The summed E-state index contributed by atoms with van der Waals surface area (Å²) in [5.41, 5.74) is 1.00. The molecule has 12 nitrogen and oxygen atoms in total. The zero-order valence-corrected chi connectivity index (χ0v) is 21.1. The number of aromatic nitrogens is 1. The van der Waals surface area contributed by atoms with Crippen LogP contribution < -0.4 is 15.0 Å². The number of rotatable bonds is 10. The minimum absolute atomic E-state index is 0.215. The Bertz CT molecular complexity index is 1170. The van der Waals surface area contributed by atoms with E-state index in [0.717, 1.165) is 35.4 Å². The minimum Gasteiger partial charge on any atom is -0.492 e. The van der Waals surface area contributed by atoms with Crippen LogP contribution in [-0.4, -0.2) is 79.0 Å². The van der Waals surface area contributed by atoms with Gasteiger partial charge in [-0.3, -0.25) is 24.0 Å². The third-order valence-electron chi connectivity index (χ3n) is 4.45. The Morgan fingerprint density at radius 3 is 2.14 bits per heavy atom. The molecule has 0 saturated carbocycles. The van der Waals surface area contributed by atoms with Crippen LogP contribution in [0.15, 0.2) is 48.7 Å². The number of likely N-dealkylation sites (N-methyl/N-ethyl adjacent to an activating group) is 1. The Labute approximate surface area is 207 Å². The highest BCUT2D eigenvalue weighted by Crippen LogP contribution is 2.23. The third-order valence-corrected chi connectivity index (χ3v) is 7.13. The van der Waals surface area contributed by atoms with Crippen molar-refractivity contribution in [1.82, 2.24) is 10.3 Å². The first-order valence-electron chi connectivity index (χ1n) is 10.1. The van der Waals surface area contributed by atoms with Crippen molar-refractivity contribution in [2.24, 2.45) is 0 Å². The highest BCUT2D eigenvalue weighted by Gasteiger charge is 2.31. The van der Waals surface area contributed by atoms with E-state index in [-0.39, 0.29) is 16.4 Å². The van der Waals surface area contributed by atoms with Crippen molar-refractivity contribution in [2.45, 2.75) is 11.7 Å². The van der Waals surface area contributed by atoms with Gasteiger partial charge in [0.25, 0.3) is 25.5 Å². The molecule has 192 valence electrons. The number of imide groups is 1. The maximum atomic E-state index is 11.6. The van der Waals surface area contributed by atoms with Gasteiger partial charge in [0.1, 0.15) is 18.2 Å². The molecule has 35 heavy (non-hydrogen) atoms. The number of anilines is 1. The number of ether oxygens (including phenoxy) is 1. The van der Waals surface area contributed by atoms with Crippen LogP contribution in [0.5, 0.6) is 5.75 Å². The van der Waals surface area contributed by atoms with Crippen LogP contribution in [0, 0.1) is 0 Å². The van der Waals surface area contributed by atoms with E-state index in [1.54, 1.807) is 6.20 Å². The van der Waals surface area contributed by atoms with Crippen molar-refractivity contribution < 1.29 is 40.3 Å². The number of carbonyl (C=O) groups excluding carboxylic acids is 2. The SMILES string of the molecule is CN(CCOc1ccc(CC2SC(=O)NC2=O)cc1)c1ccccn1.O=S(=O)(O)CCS(=O)(=O)O. The Kier molecular flexibility index (Phi) is 10.5. The first-order chi connectivity index (χ1) is 16.3. The predicted molar refractivity (Wildman–Crippen MR) is 131 cm³/mol. The van der Waals surface area contributed by atoms with E-state index in [0.29, 0.717) is 13.0 Å². The van der Waals surface area contributed by atoms with Crippen LogP contribution in [-0.2, 0) is 31.5 Å². The number of amides is 2. The summed E-state index contributed by atoms with van der Waals surface area (Å²) in [5.74, 6) is -0.494. The van der Waals surface area contributed by atoms with Crippen LogP contribution >= 0.6 is 11.8 Å². The molecule has 1 aliphatic rings. The summed E-state index contributed by atoms with van der Waals surface area (Å²) in [5, 5.41) is 1.69. The van der Waals surface area contributed by atoms with Crippen LogP contribution in [0.3, 0.4) is 0 Å². The quantitative estimate of drug-likeness (QED) is 0.363. The van der Waals surface area contributed by atoms with E-state index in [1.807, 2.05) is 54.4 Å². The van der Waals surface area contributed by atoms with Gasteiger partial charge < -0.3 is 9.64 Å². The minimum atomic E-state index is -4.30. The molecule has 2 heterocycles. The van der Waals surface area contributed by atoms with E-state index in [2.05, 4.69) is 10.3 Å². The maximum Gasteiger partial charge on any atom is 0.286 e. The molecule has 0 aliphatic carbocycles. The molecule has 1 aliphatic heterocycles. The van der Waals surface area contributed by atoms with E-state index >= 15 is 0 Å². The van der Waals surface area contributed by atoms with Crippen molar-refractivity contribution in [2.75, 3.05) is 36.6 Å². The van der Waals surface area contributed by atoms with Gasteiger partial charge in [0.2, 0.25) is 5.91 Å². The topological polar surface area (TPSA) is 180 Å². The highest BCUT2D eigenvalue weighted by molar-refractivity contribution is 8.15. The molecular formula is C20H25N3O9S3. The van der Waals surface area contributed by atoms with Crippen molar-refractivity contribution in [1.29, 1.82) is 0 Å². The number of benzene rings is 1. The Hall–Kier alpha value is -2.72. The smallest absolute Gasteiger partial charge is 0.286 e. The van der Waals surface area contributed by atoms with Crippen molar-refractivity contribution >= 4 is 49.0 Å². The van der Waals surface area contributed by atoms with E-state index in [4.69, 9.17) is 13.8 Å². The number of pyridine rings is 1. The fourth-order valence-electron chi connectivity index (χ4n) is 2.67. The lowest BCUT2D eigenvalue weighted by Crippen LogP contribution is -2.25. The molecule has 3 rings (SSSR count). The molecule has 1 aromatic heterocycles. The average Bonchev–Trinajstić information content (AvgIpc) is 3.10. The molecule has 1 unspecified atom stereocenters. The van der Waals surface area contributed by atoms with Crippen molar-refractivity contribution in [3.05, 3.63) is 54.2 Å². The number of nitrogens with zero attached hydrogens (tertiary/aromatic N) is 2. The van der Waals surface area contributed by atoms with Gasteiger partial charge in [-0.15, -0.1) is 0 Å². The zero-order valence-electron chi connectivity index (χ0n) is 18.6. The summed E-state index contributed by atoms with van der Waals surface area (Å²) in [6, 6.07) is 13.4. The molecular weight excluding hydrogens is 522 g/mol. The molecule has 3 N–H and O–H groups in total. The summed E-state index contributed by atoms with van der Waals surface area (Å²) in [6.07, 6.45) is 2.30. The maximum absolute atomic E-state index is 11.6. The Morgan fingerprint density at radius 1 is 1.03 bits per heavy atom. The normalized spacial score (nSPS) is 15.7. The predicted octanol–water partition coefficient (Wildman–Crippen LogP) is 1.25. The van der Waals surface area contributed by atoms with Crippen molar-refractivity contribution in [3.8, 4) is 5.75 Å². The van der Waals surface area contributed by atoms with Gasteiger partial charge in [-0.25, -0.2) is 4.98 Å². The lowest BCUT2D eigenvalue weighted by Gasteiger charge is -2.18. The fourth-order valence-corrected chi connectivity index (χ4v) is 5.21. The molecule has 2 aromatic rings. The van der Waals surface area contributed by atoms with Gasteiger partial charge in [0.05, 0.1) is 23.3 Å². The second-order valence-electron chi connectivity index (χ2n) is 7.26. The first-order valence-corrected chi connectivity index (χ1v) is 14.2. The molecule has 1 fully saturated rings. The van der Waals surface area contributed by atoms with E-state index < -0.39 is 31.7 Å². The Balaban J connectivity index is 0.000000367. The van der Waals surface area contributed by atoms with Gasteiger partial charge in [-0.05, 0) is 36.2 Å². The molecule has 1 atom stereocenters. The van der Waals surface area contributed by atoms with Crippen LogP contribution in [0.4, 0.5) is 10.6 Å². The van der Waals surface area contributed by atoms with E-state index in [9.17, 15) is 26.4 Å². The summed E-state index contributed by atoms with van der Waals surface area (Å²) in [6.45, 7) is 1.27. The molecule has 0 bridgehead atoms. The summed E-state index contributed by atoms with van der Waals surface area (Å²) in [4.78, 5) is 29.1. The second kappa shape index (κ2) is 12.8. The fraction of sp³-hybridized carbons (Fsp3) is 0.350. The third kappa shape index (κ3) is 11.5. The molecule has 2 amide bonds. The summed E-state index contributed by atoms with van der Waals surface area (Å²) < 4.78 is 61.1. The lowest BCUT2D eigenvalue weighted by molar-refractivity contribution is -0.118. The van der Waals surface area contributed by atoms with Gasteiger partial charge in [-0.2, -0.15) is 16.8 Å². The van der Waals surface area contributed by atoms with E-state index in [1.165, 1.54) is 0 Å². The number of nitrogens with one attached hydrogen (secondary N) is 1. The van der Waals surface area contributed by atoms with Gasteiger partial charge in [0, 0.05) is 13.2 Å². The molecule has 0 spiro atoms. The molecule has 0 radical (unpaired) electrons. The number of thioether (sulfide) groups is 1. The van der Waals surface area contributed by atoms with Gasteiger partial charge >= 0.3 is 0 Å². The molecule has 15 heteroatoms. The largest absolute Gasteiger partial charge is 0.492 e. The summed E-state index contributed by atoms with van der Waals surface area (Å²) in [7, 11) is -6.62. The second-order valence-corrected chi connectivity index (χ2v) is 11.6. The van der Waals surface area contributed by atoms with Crippen LogP contribution in [0.25, 0.3) is 0 Å². The van der Waals surface area contributed by atoms with Crippen LogP contribution in [0.1, 0.15) is 5.56 Å². The summed E-state index contributed by atoms with van der Waals surface area (Å²) >= 11 is 1.05. The number of carbonyl (C=O) groups is 2. The Morgan fingerprint density at radius 2 is 1.66 bits per heavy atom. The van der Waals surface area contributed by atoms with Gasteiger partial charge in [0.15, 0.2) is 0 Å². The van der Waals surface area contributed by atoms with Crippen LogP contribution in [0.2, 0.25) is 0 Å². The average molecular weight is 548 g/mol.